The van der Waals surface area contributed by atoms with Gasteiger partial charge in [0.15, 0.2) is 12.4 Å². The summed E-state index contributed by atoms with van der Waals surface area (Å²) in [6, 6.07) is 11.4. The summed E-state index contributed by atoms with van der Waals surface area (Å²) in [5.41, 5.74) is 0.741. The molecule has 0 saturated carbocycles. The Morgan fingerprint density at radius 2 is 1.96 bits per heavy atom. The predicted octanol–water partition coefficient (Wildman–Crippen LogP) is 3.35. The van der Waals surface area contributed by atoms with Crippen LogP contribution in [0.2, 0.25) is 0 Å². The van der Waals surface area contributed by atoms with Crippen molar-refractivity contribution in [3.05, 3.63) is 58.1 Å². The van der Waals surface area contributed by atoms with Gasteiger partial charge in [-0.3, -0.25) is 14.9 Å². The number of methoxy groups -OCH3 is 2. The van der Waals surface area contributed by atoms with E-state index in [-0.39, 0.29) is 30.0 Å². The first-order valence-electron chi connectivity index (χ1n) is 8.92. The molecule has 1 saturated heterocycles. The third-order valence-electron chi connectivity index (χ3n) is 4.79. The number of hydrogen-bond acceptors (Lipinski definition) is 6. The van der Waals surface area contributed by atoms with Gasteiger partial charge in [0.25, 0.3) is 5.91 Å². The summed E-state index contributed by atoms with van der Waals surface area (Å²) in [6.45, 7) is 0.332. The molecule has 1 aliphatic heterocycles. The smallest absolute Gasteiger partial charge is 0.310 e. The molecule has 0 spiro atoms. The molecule has 1 atom stereocenters. The van der Waals surface area contributed by atoms with Gasteiger partial charge in [0, 0.05) is 24.2 Å². The molecule has 148 valence electrons. The lowest BCUT2D eigenvalue weighted by Gasteiger charge is -2.26. The third-order valence-corrected chi connectivity index (χ3v) is 4.79. The quantitative estimate of drug-likeness (QED) is 0.535. The van der Waals surface area contributed by atoms with E-state index in [2.05, 4.69) is 0 Å². The molecule has 0 bridgehead atoms. The van der Waals surface area contributed by atoms with Crippen molar-refractivity contribution in [2.45, 2.75) is 18.9 Å². The maximum atomic E-state index is 12.8. The Kier molecular flexibility index (Phi) is 5.98. The van der Waals surface area contributed by atoms with Crippen molar-refractivity contribution in [1.82, 2.24) is 4.90 Å². The highest BCUT2D eigenvalue weighted by molar-refractivity contribution is 5.79. The van der Waals surface area contributed by atoms with Crippen LogP contribution < -0.4 is 14.2 Å². The molecule has 1 heterocycles. The summed E-state index contributed by atoms with van der Waals surface area (Å²) in [6.07, 6.45) is 1.66. The fourth-order valence-corrected chi connectivity index (χ4v) is 3.43. The van der Waals surface area contributed by atoms with Crippen LogP contribution in [-0.2, 0) is 4.79 Å². The van der Waals surface area contributed by atoms with E-state index in [0.717, 1.165) is 18.4 Å². The van der Waals surface area contributed by atoms with E-state index in [4.69, 9.17) is 14.2 Å². The molecule has 1 fully saturated rings. The van der Waals surface area contributed by atoms with Crippen LogP contribution in [0, 0.1) is 10.1 Å². The fraction of sp³-hybridized carbons (Fsp3) is 0.350. The first-order valence-corrected chi connectivity index (χ1v) is 8.92. The van der Waals surface area contributed by atoms with E-state index in [1.807, 2.05) is 12.1 Å². The Labute approximate surface area is 162 Å². The van der Waals surface area contributed by atoms with Crippen molar-refractivity contribution in [2.75, 3.05) is 27.4 Å². The van der Waals surface area contributed by atoms with Gasteiger partial charge < -0.3 is 19.1 Å². The number of benzene rings is 2. The van der Waals surface area contributed by atoms with Gasteiger partial charge in [-0.05, 0) is 31.0 Å². The van der Waals surface area contributed by atoms with E-state index >= 15 is 0 Å². The lowest BCUT2D eigenvalue weighted by molar-refractivity contribution is -0.385. The molecule has 8 heteroatoms. The van der Waals surface area contributed by atoms with Crippen molar-refractivity contribution in [1.29, 1.82) is 0 Å². The van der Waals surface area contributed by atoms with Crippen molar-refractivity contribution >= 4 is 11.6 Å². The van der Waals surface area contributed by atoms with Crippen LogP contribution in [0.25, 0.3) is 0 Å². The van der Waals surface area contributed by atoms with Crippen LogP contribution in [-0.4, -0.2) is 43.1 Å². The Morgan fingerprint density at radius 3 is 2.68 bits per heavy atom. The van der Waals surface area contributed by atoms with Gasteiger partial charge in [-0.25, -0.2) is 0 Å². The molecule has 0 radical (unpaired) electrons. The number of nitro groups is 1. The molecule has 8 nitrogen and oxygen atoms in total. The van der Waals surface area contributed by atoms with Crippen LogP contribution in [0.4, 0.5) is 5.69 Å². The van der Waals surface area contributed by atoms with E-state index in [0.29, 0.717) is 18.0 Å². The minimum Gasteiger partial charge on any atom is -0.497 e. The lowest BCUT2D eigenvalue weighted by Crippen LogP contribution is -2.34. The van der Waals surface area contributed by atoms with Crippen LogP contribution in [0.15, 0.2) is 42.5 Å². The zero-order valence-corrected chi connectivity index (χ0v) is 15.8. The second-order valence-corrected chi connectivity index (χ2v) is 6.37. The number of para-hydroxylation sites is 2. The van der Waals surface area contributed by atoms with Gasteiger partial charge in [0.1, 0.15) is 11.5 Å². The first kappa shape index (κ1) is 19.5. The van der Waals surface area contributed by atoms with Gasteiger partial charge in [0.2, 0.25) is 0 Å². The SMILES string of the molecule is COc1ccc([C@@H]2CCCN2C(=O)COc2ccccc2[N+](=O)[O-])c(OC)c1. The number of rotatable bonds is 7. The van der Waals surface area contributed by atoms with Crippen LogP contribution in [0.1, 0.15) is 24.4 Å². The van der Waals surface area contributed by atoms with E-state index < -0.39 is 4.92 Å². The molecular formula is C20H22N2O6. The predicted molar refractivity (Wildman–Crippen MR) is 102 cm³/mol. The lowest BCUT2D eigenvalue weighted by atomic mass is 10.0. The molecule has 0 aromatic heterocycles. The molecule has 1 amide bonds. The zero-order chi connectivity index (χ0) is 20.1. The van der Waals surface area contributed by atoms with Crippen LogP contribution in [0.3, 0.4) is 0 Å². The fourth-order valence-electron chi connectivity index (χ4n) is 3.43. The second-order valence-electron chi connectivity index (χ2n) is 6.37. The molecule has 0 aliphatic carbocycles. The highest BCUT2D eigenvalue weighted by Crippen LogP contribution is 2.38. The number of ether oxygens (including phenoxy) is 3. The Hall–Kier alpha value is -3.29. The summed E-state index contributed by atoms with van der Waals surface area (Å²) in [7, 11) is 3.16. The van der Waals surface area contributed by atoms with Crippen molar-refractivity contribution in [3.8, 4) is 17.2 Å². The van der Waals surface area contributed by atoms with Crippen LogP contribution in [0.5, 0.6) is 17.2 Å². The van der Waals surface area contributed by atoms with E-state index in [1.54, 1.807) is 37.3 Å². The highest BCUT2D eigenvalue weighted by atomic mass is 16.6. The number of nitrogens with zero attached hydrogens (tertiary/aromatic N) is 2. The molecular weight excluding hydrogens is 364 g/mol. The molecule has 2 aromatic rings. The molecule has 2 aromatic carbocycles. The summed E-state index contributed by atoms with van der Waals surface area (Å²) in [5.74, 6) is 1.19. The standard InChI is InChI=1S/C20H22N2O6/c1-26-14-9-10-15(19(12-14)27-2)16-7-5-11-21(16)20(23)13-28-18-8-4-3-6-17(18)22(24)25/h3-4,6,8-10,12,16H,5,7,11,13H2,1-2H3/t16-/m0/s1. The first-order chi connectivity index (χ1) is 13.5. The largest absolute Gasteiger partial charge is 0.497 e. The van der Waals surface area contributed by atoms with Crippen LogP contribution >= 0.6 is 0 Å². The minimum atomic E-state index is -0.527. The maximum Gasteiger partial charge on any atom is 0.310 e. The minimum absolute atomic E-state index is 0.0821. The number of amides is 1. The average molecular weight is 386 g/mol. The second kappa shape index (κ2) is 8.60. The topological polar surface area (TPSA) is 91.1 Å². The van der Waals surface area contributed by atoms with E-state index in [9.17, 15) is 14.9 Å². The summed E-state index contributed by atoms with van der Waals surface area (Å²) in [4.78, 5) is 25.1. The Morgan fingerprint density at radius 1 is 1.18 bits per heavy atom. The zero-order valence-electron chi connectivity index (χ0n) is 15.8. The number of hydrogen-bond donors (Lipinski definition) is 0. The maximum absolute atomic E-state index is 12.8. The van der Waals surface area contributed by atoms with Gasteiger partial charge in [0.05, 0.1) is 25.2 Å². The normalized spacial score (nSPS) is 15.9. The van der Waals surface area contributed by atoms with Gasteiger partial charge in [-0.2, -0.15) is 0 Å². The third kappa shape index (κ3) is 4.00. The number of nitro benzene ring substituents is 1. The number of likely N-dealkylation sites (tertiary alicyclic amines) is 1. The molecule has 0 unspecified atom stereocenters. The molecule has 1 aliphatic rings. The van der Waals surface area contributed by atoms with Gasteiger partial charge in [-0.15, -0.1) is 0 Å². The molecule has 28 heavy (non-hydrogen) atoms. The monoisotopic (exact) mass is 386 g/mol. The van der Waals surface area contributed by atoms with Crippen molar-refractivity contribution in [3.63, 3.8) is 0 Å². The highest BCUT2D eigenvalue weighted by Gasteiger charge is 2.32. The van der Waals surface area contributed by atoms with Gasteiger partial charge >= 0.3 is 5.69 Å². The number of carbonyl (C=O) groups is 1. The summed E-state index contributed by atoms with van der Waals surface area (Å²) < 4.78 is 16.2. The summed E-state index contributed by atoms with van der Waals surface area (Å²) in [5, 5.41) is 11.1. The molecule has 0 N–H and O–H groups in total. The van der Waals surface area contributed by atoms with E-state index in [1.165, 1.54) is 12.1 Å². The average Bonchev–Trinajstić information content (AvgIpc) is 3.21. The molecule has 3 rings (SSSR count). The summed E-state index contributed by atoms with van der Waals surface area (Å²) >= 11 is 0. The van der Waals surface area contributed by atoms with Crippen molar-refractivity contribution < 1.29 is 23.9 Å². The van der Waals surface area contributed by atoms with Crippen molar-refractivity contribution in [2.24, 2.45) is 0 Å². The Balaban J connectivity index is 1.75. The Bertz CT molecular complexity index is 870. The number of carbonyl (C=O) groups excluding carboxylic acids is 1. The van der Waals surface area contributed by atoms with Gasteiger partial charge in [-0.1, -0.05) is 12.1 Å².